The number of nitrogens with one attached hydrogen (secondary N) is 2. The molecule has 4 saturated carbocycles. The minimum Gasteiger partial charge on any atom is -0.494 e. The molecule has 6 rings (SSSR count). The van der Waals surface area contributed by atoms with E-state index < -0.39 is 0 Å². The lowest BCUT2D eigenvalue weighted by Gasteiger charge is -2.61. The quantitative estimate of drug-likeness (QED) is 0.398. The molecule has 2 aliphatic heterocycles. The normalized spacial score (nSPS) is 46.1. The monoisotopic (exact) mass is 570 g/mol. The van der Waals surface area contributed by atoms with Crippen LogP contribution in [-0.2, 0) is 4.74 Å². The number of nitrogens with zero attached hydrogens (tertiary/aromatic N) is 2. The SMILES string of the molecule is CC(CO)CC/C=C1\O[C@H]2CC3[C@@H]4CC[C@@H]5C[C@@H](NC(=O)NN6CCN(C)CC6)CC[C@]5(C)C4CC[C@]3(C)C2C1C. The fourth-order valence-corrected chi connectivity index (χ4v) is 11.0. The molecule has 0 aromatic rings. The van der Waals surface area contributed by atoms with Crippen LogP contribution >= 0.6 is 0 Å². The average Bonchev–Trinajstić information content (AvgIpc) is 3.42. The second-order valence-electron chi connectivity index (χ2n) is 15.7. The summed E-state index contributed by atoms with van der Waals surface area (Å²) >= 11 is 0. The summed E-state index contributed by atoms with van der Waals surface area (Å²) in [5.41, 5.74) is 3.92. The number of hydrogen-bond acceptors (Lipinski definition) is 5. The van der Waals surface area contributed by atoms with E-state index in [1.807, 2.05) is 0 Å². The number of allylic oxidation sites excluding steroid dienone is 2. The molecule has 6 fully saturated rings. The van der Waals surface area contributed by atoms with Gasteiger partial charge in [-0.05, 0) is 118 Å². The van der Waals surface area contributed by atoms with Crippen LogP contribution in [0, 0.1) is 52.3 Å². The highest BCUT2D eigenvalue weighted by atomic mass is 16.5. The lowest BCUT2D eigenvalue weighted by atomic mass is 9.44. The molecule has 3 N–H and O–H groups in total. The Kier molecular flexibility index (Phi) is 8.45. The molecule has 2 amide bonds. The molecule has 0 radical (unpaired) electrons. The first-order chi connectivity index (χ1) is 19.6. The average molecular weight is 571 g/mol. The van der Waals surface area contributed by atoms with E-state index in [9.17, 15) is 9.90 Å². The predicted molar refractivity (Wildman–Crippen MR) is 163 cm³/mol. The molecule has 0 aromatic carbocycles. The first-order valence-electron chi connectivity index (χ1n) is 17.1. The fourth-order valence-electron chi connectivity index (χ4n) is 11.0. The summed E-state index contributed by atoms with van der Waals surface area (Å²) in [6.45, 7) is 13.9. The number of carbonyl (C=O) groups excluding carboxylic acids is 1. The summed E-state index contributed by atoms with van der Waals surface area (Å²) in [6.07, 6.45) is 14.9. The van der Waals surface area contributed by atoms with Gasteiger partial charge in [-0.2, -0.15) is 0 Å². The molecule has 7 heteroatoms. The van der Waals surface area contributed by atoms with Gasteiger partial charge in [-0.1, -0.05) is 27.7 Å². The Balaban J connectivity index is 1.06. The molecule has 0 bridgehead atoms. The van der Waals surface area contributed by atoms with Crippen molar-refractivity contribution in [1.82, 2.24) is 20.7 Å². The van der Waals surface area contributed by atoms with Gasteiger partial charge in [0.1, 0.15) is 6.10 Å². The number of amides is 2. The van der Waals surface area contributed by atoms with Crippen molar-refractivity contribution in [2.75, 3.05) is 39.8 Å². The molecule has 11 atom stereocenters. The lowest BCUT2D eigenvalue weighted by molar-refractivity contribution is -0.116. The number of rotatable bonds is 6. The maximum absolute atomic E-state index is 12.8. The van der Waals surface area contributed by atoms with E-state index in [1.54, 1.807) is 0 Å². The highest BCUT2D eigenvalue weighted by Crippen LogP contribution is 2.70. The highest BCUT2D eigenvalue weighted by molar-refractivity contribution is 5.73. The van der Waals surface area contributed by atoms with Gasteiger partial charge in [0.15, 0.2) is 0 Å². The van der Waals surface area contributed by atoms with Crippen LogP contribution in [0.4, 0.5) is 4.79 Å². The molecule has 0 spiro atoms. The van der Waals surface area contributed by atoms with Crippen molar-refractivity contribution in [3.05, 3.63) is 11.8 Å². The zero-order chi connectivity index (χ0) is 28.9. The van der Waals surface area contributed by atoms with Gasteiger partial charge in [0.05, 0.1) is 5.76 Å². The number of carbonyl (C=O) groups is 1. The Labute approximate surface area is 249 Å². The topological polar surface area (TPSA) is 77.1 Å². The van der Waals surface area contributed by atoms with Gasteiger partial charge in [-0.25, -0.2) is 9.80 Å². The Morgan fingerprint density at radius 1 is 1.07 bits per heavy atom. The molecular formula is C34H58N4O3. The molecule has 0 aromatic heterocycles. The summed E-state index contributed by atoms with van der Waals surface area (Å²) in [4.78, 5) is 15.1. The van der Waals surface area contributed by atoms with Gasteiger partial charge in [0, 0.05) is 50.7 Å². The largest absolute Gasteiger partial charge is 0.494 e. The number of piperazine rings is 1. The Bertz CT molecular complexity index is 981. The Morgan fingerprint density at radius 2 is 1.83 bits per heavy atom. The number of urea groups is 1. The number of aliphatic hydroxyl groups is 1. The predicted octanol–water partition coefficient (Wildman–Crippen LogP) is 5.41. The number of fused-ring (bicyclic) bond motifs is 7. The molecule has 41 heavy (non-hydrogen) atoms. The number of hydrazine groups is 1. The van der Waals surface area contributed by atoms with E-state index in [2.05, 4.69) is 61.5 Å². The smallest absolute Gasteiger partial charge is 0.329 e. The fraction of sp³-hybridized carbons (Fsp3) is 0.912. The molecule has 2 heterocycles. The highest BCUT2D eigenvalue weighted by Gasteiger charge is 2.65. The summed E-state index contributed by atoms with van der Waals surface area (Å²) in [6, 6.07) is 0.296. The van der Waals surface area contributed by atoms with Gasteiger partial charge >= 0.3 is 6.03 Å². The van der Waals surface area contributed by atoms with Crippen LogP contribution in [0.5, 0.6) is 0 Å². The molecule has 5 unspecified atom stereocenters. The van der Waals surface area contributed by atoms with E-state index in [1.165, 1.54) is 44.3 Å². The second-order valence-corrected chi connectivity index (χ2v) is 15.7. The van der Waals surface area contributed by atoms with E-state index in [4.69, 9.17) is 4.74 Å². The third kappa shape index (κ3) is 5.46. The van der Waals surface area contributed by atoms with Crippen LogP contribution in [0.15, 0.2) is 11.8 Å². The van der Waals surface area contributed by atoms with Gasteiger partial charge in [-0.15, -0.1) is 0 Å². The molecule has 7 nitrogen and oxygen atoms in total. The lowest BCUT2D eigenvalue weighted by Crippen LogP contribution is -2.58. The first kappa shape index (κ1) is 29.7. The second kappa shape index (κ2) is 11.6. The van der Waals surface area contributed by atoms with Crippen LogP contribution in [-0.4, -0.2) is 73.0 Å². The van der Waals surface area contributed by atoms with Crippen molar-refractivity contribution in [3.63, 3.8) is 0 Å². The zero-order valence-electron chi connectivity index (χ0n) is 26.5. The van der Waals surface area contributed by atoms with Crippen molar-refractivity contribution >= 4 is 6.03 Å². The minimum absolute atomic E-state index is 0.00628. The van der Waals surface area contributed by atoms with Gasteiger partial charge in [0.2, 0.25) is 0 Å². The molecule has 6 aliphatic rings. The van der Waals surface area contributed by atoms with Crippen LogP contribution in [0.25, 0.3) is 0 Å². The summed E-state index contributed by atoms with van der Waals surface area (Å²) in [5, 5.41) is 14.8. The number of hydrogen-bond donors (Lipinski definition) is 3. The van der Waals surface area contributed by atoms with E-state index in [0.29, 0.717) is 40.7 Å². The van der Waals surface area contributed by atoms with Crippen molar-refractivity contribution in [3.8, 4) is 0 Å². The zero-order valence-corrected chi connectivity index (χ0v) is 26.5. The molecule has 2 saturated heterocycles. The third-order valence-corrected chi connectivity index (χ3v) is 13.4. The molecule has 4 aliphatic carbocycles. The van der Waals surface area contributed by atoms with Crippen LogP contribution < -0.4 is 10.7 Å². The van der Waals surface area contributed by atoms with E-state index in [0.717, 1.165) is 75.5 Å². The van der Waals surface area contributed by atoms with Gasteiger partial charge in [-0.3, -0.25) is 5.43 Å². The van der Waals surface area contributed by atoms with Crippen molar-refractivity contribution in [2.24, 2.45) is 52.3 Å². The maximum atomic E-state index is 12.8. The van der Waals surface area contributed by atoms with Crippen molar-refractivity contribution in [2.45, 2.75) is 104 Å². The summed E-state index contributed by atoms with van der Waals surface area (Å²) in [5.74, 6) is 5.94. The van der Waals surface area contributed by atoms with Gasteiger partial charge in [0.25, 0.3) is 0 Å². The molecular weight excluding hydrogens is 512 g/mol. The van der Waals surface area contributed by atoms with Crippen LogP contribution in [0.2, 0.25) is 0 Å². The number of ether oxygens (including phenoxy) is 1. The van der Waals surface area contributed by atoms with Gasteiger partial charge < -0.3 is 20.1 Å². The van der Waals surface area contributed by atoms with E-state index >= 15 is 0 Å². The molecule has 232 valence electrons. The maximum Gasteiger partial charge on any atom is 0.329 e. The number of likely N-dealkylation sites (N-methyl/N-ethyl adjacent to an activating group) is 1. The summed E-state index contributed by atoms with van der Waals surface area (Å²) in [7, 11) is 2.14. The van der Waals surface area contributed by atoms with E-state index in [-0.39, 0.29) is 12.6 Å². The Morgan fingerprint density at radius 3 is 2.59 bits per heavy atom. The van der Waals surface area contributed by atoms with Crippen molar-refractivity contribution < 1.29 is 14.6 Å². The Hall–Kier alpha value is -1.31. The minimum atomic E-state index is -0.00628. The number of aliphatic hydroxyl groups excluding tert-OH is 1. The first-order valence-corrected chi connectivity index (χ1v) is 17.1. The van der Waals surface area contributed by atoms with Crippen LogP contribution in [0.3, 0.4) is 0 Å². The summed E-state index contributed by atoms with van der Waals surface area (Å²) < 4.78 is 6.74. The third-order valence-electron chi connectivity index (χ3n) is 13.4. The standard InChI is InChI=1S/C34H58N4O3/c1-22(21-39)7-6-8-29-23(2)31-30(41-29)20-28-26-10-9-24-19-25(35-32(40)36-38-17-15-37(5)16-18-38)11-13-33(24,3)27(26)12-14-34(28,31)4/h8,22-28,30-31,39H,6-7,9-21H2,1-5H3,(H2,35,36,40)/b29-8-/t22?,23?,24-,25+,26-,27?,28?,30+,31?,33+,34+/m1/s1. The van der Waals surface area contributed by atoms with Crippen molar-refractivity contribution in [1.29, 1.82) is 0 Å². The van der Waals surface area contributed by atoms with Crippen LogP contribution in [0.1, 0.15) is 91.9 Å².